The lowest BCUT2D eigenvalue weighted by atomic mass is 9.98. The molecule has 20 heavy (non-hydrogen) atoms. The zero-order chi connectivity index (χ0) is 15.1. The van der Waals surface area contributed by atoms with Crippen molar-refractivity contribution < 1.29 is 13.2 Å². The molecule has 0 aliphatic carbocycles. The molecule has 3 nitrogen and oxygen atoms in total. The van der Waals surface area contributed by atoms with Crippen LogP contribution < -0.4 is 5.56 Å². The monoisotopic (exact) mass is 282 g/mol. The van der Waals surface area contributed by atoms with Crippen LogP contribution >= 0.6 is 0 Å². The number of nitrogens with one attached hydrogen (secondary N) is 1. The Kier molecular flexibility index (Phi) is 3.41. The molecule has 0 bridgehead atoms. The lowest BCUT2D eigenvalue weighted by Gasteiger charge is -2.11. The first-order chi connectivity index (χ1) is 9.18. The molecule has 0 saturated carbocycles. The number of aryl methyl sites for hydroxylation is 3. The van der Waals surface area contributed by atoms with E-state index in [1.54, 1.807) is 18.0 Å². The fourth-order valence-electron chi connectivity index (χ4n) is 1.97. The zero-order valence-electron chi connectivity index (χ0n) is 11.2. The quantitative estimate of drug-likeness (QED) is 0.871. The molecule has 106 valence electrons. The van der Waals surface area contributed by atoms with Gasteiger partial charge in [-0.05, 0) is 43.5 Å². The number of nitrogens with zero attached hydrogens (tertiary/aromatic N) is 1. The molecule has 0 unspecified atom stereocenters. The van der Waals surface area contributed by atoms with Crippen molar-refractivity contribution in [1.82, 2.24) is 9.97 Å². The second-order valence-corrected chi connectivity index (χ2v) is 4.73. The molecular weight excluding hydrogens is 269 g/mol. The molecule has 0 radical (unpaired) electrons. The molecule has 0 atom stereocenters. The van der Waals surface area contributed by atoms with Gasteiger partial charge in [-0.2, -0.15) is 13.2 Å². The Labute approximate surface area is 113 Å². The third-order valence-corrected chi connectivity index (χ3v) is 3.13. The predicted molar refractivity (Wildman–Crippen MR) is 69.5 cm³/mol. The van der Waals surface area contributed by atoms with E-state index in [1.807, 2.05) is 19.9 Å². The minimum absolute atomic E-state index is 0.0293. The normalized spacial score (nSPS) is 11.7. The van der Waals surface area contributed by atoms with Crippen molar-refractivity contribution in [2.75, 3.05) is 0 Å². The van der Waals surface area contributed by atoms with Crippen LogP contribution in [0.3, 0.4) is 0 Å². The summed E-state index contributed by atoms with van der Waals surface area (Å²) in [6.07, 6.45) is -4.68. The molecule has 1 heterocycles. The second-order valence-electron chi connectivity index (χ2n) is 4.73. The molecule has 0 amide bonds. The molecule has 0 fully saturated rings. The minimum atomic E-state index is -4.68. The van der Waals surface area contributed by atoms with E-state index in [0.29, 0.717) is 5.56 Å². The Morgan fingerprint density at radius 3 is 2.20 bits per heavy atom. The van der Waals surface area contributed by atoms with Crippen LogP contribution in [0.1, 0.15) is 22.5 Å². The molecular formula is C14H13F3N2O. The Morgan fingerprint density at radius 2 is 1.60 bits per heavy atom. The molecule has 0 aliphatic heterocycles. The summed E-state index contributed by atoms with van der Waals surface area (Å²) in [5, 5.41) is 0. The van der Waals surface area contributed by atoms with Crippen molar-refractivity contribution in [1.29, 1.82) is 0 Å². The first-order valence-electron chi connectivity index (χ1n) is 5.95. The number of halogens is 3. The summed E-state index contributed by atoms with van der Waals surface area (Å²) in [7, 11) is 0. The summed E-state index contributed by atoms with van der Waals surface area (Å²) < 4.78 is 38.0. The highest BCUT2D eigenvalue weighted by Gasteiger charge is 2.34. The molecule has 0 aliphatic rings. The minimum Gasteiger partial charge on any atom is -0.303 e. The number of hydrogen-bond acceptors (Lipinski definition) is 2. The van der Waals surface area contributed by atoms with Gasteiger partial charge in [-0.1, -0.05) is 6.07 Å². The summed E-state index contributed by atoms with van der Waals surface area (Å²) in [5.41, 5.74) is 2.49. The lowest BCUT2D eigenvalue weighted by Crippen LogP contribution is -2.19. The van der Waals surface area contributed by atoms with Crippen molar-refractivity contribution >= 4 is 0 Å². The van der Waals surface area contributed by atoms with Gasteiger partial charge in [-0.15, -0.1) is 0 Å². The summed E-state index contributed by atoms with van der Waals surface area (Å²) in [6, 6.07) is 4.68. The third-order valence-electron chi connectivity index (χ3n) is 3.13. The van der Waals surface area contributed by atoms with Crippen molar-refractivity contribution in [3.8, 4) is 11.3 Å². The Morgan fingerprint density at radius 1 is 1.00 bits per heavy atom. The van der Waals surface area contributed by atoms with Crippen LogP contribution in [0.4, 0.5) is 13.2 Å². The van der Waals surface area contributed by atoms with E-state index in [-0.39, 0.29) is 5.69 Å². The molecule has 1 aromatic heterocycles. The van der Waals surface area contributed by atoms with E-state index in [4.69, 9.17) is 0 Å². The van der Waals surface area contributed by atoms with Crippen LogP contribution in [0.2, 0.25) is 0 Å². The van der Waals surface area contributed by atoms with Crippen LogP contribution in [-0.2, 0) is 6.18 Å². The number of alkyl halides is 3. The third kappa shape index (κ3) is 2.74. The topological polar surface area (TPSA) is 45.8 Å². The molecule has 1 N–H and O–H groups in total. The standard InChI is InChI=1S/C14H13F3N2O/c1-7-4-9(3)10(5-8(7)2)11-6-12(20)19-13(18-11)14(15,16)17/h4-6H,1-3H3,(H,18,19,20). The highest BCUT2D eigenvalue weighted by molar-refractivity contribution is 5.65. The van der Waals surface area contributed by atoms with E-state index in [1.165, 1.54) is 0 Å². The largest absolute Gasteiger partial charge is 0.449 e. The van der Waals surface area contributed by atoms with Gasteiger partial charge >= 0.3 is 6.18 Å². The molecule has 2 rings (SSSR count). The van der Waals surface area contributed by atoms with Gasteiger partial charge in [0.2, 0.25) is 5.82 Å². The Balaban J connectivity index is 2.68. The van der Waals surface area contributed by atoms with Crippen LogP contribution in [0.25, 0.3) is 11.3 Å². The number of H-pyrrole nitrogens is 1. The van der Waals surface area contributed by atoms with Gasteiger partial charge in [0.05, 0.1) is 5.69 Å². The SMILES string of the molecule is Cc1cc(C)c(-c2cc(=O)[nH]c(C(F)(F)F)n2)cc1C. The first kappa shape index (κ1) is 14.3. The van der Waals surface area contributed by atoms with Gasteiger partial charge in [-0.3, -0.25) is 4.79 Å². The maximum atomic E-state index is 12.7. The zero-order valence-corrected chi connectivity index (χ0v) is 11.2. The average Bonchev–Trinajstić information content (AvgIpc) is 2.32. The van der Waals surface area contributed by atoms with Crippen LogP contribution in [-0.4, -0.2) is 9.97 Å². The maximum absolute atomic E-state index is 12.7. The maximum Gasteiger partial charge on any atom is 0.449 e. The molecule has 2 aromatic rings. The highest BCUT2D eigenvalue weighted by Crippen LogP contribution is 2.28. The van der Waals surface area contributed by atoms with Crippen molar-refractivity contribution in [2.24, 2.45) is 0 Å². The number of aromatic amines is 1. The summed E-state index contributed by atoms with van der Waals surface area (Å²) in [6.45, 7) is 5.55. The fraction of sp³-hybridized carbons (Fsp3) is 0.286. The number of hydrogen-bond donors (Lipinski definition) is 1. The smallest absolute Gasteiger partial charge is 0.303 e. The van der Waals surface area contributed by atoms with Gasteiger partial charge in [0.25, 0.3) is 5.56 Å². The average molecular weight is 282 g/mol. The fourth-order valence-corrected chi connectivity index (χ4v) is 1.97. The second kappa shape index (κ2) is 4.77. The van der Waals surface area contributed by atoms with Gasteiger partial charge < -0.3 is 4.98 Å². The van der Waals surface area contributed by atoms with Gasteiger partial charge in [0.15, 0.2) is 0 Å². The number of rotatable bonds is 1. The highest BCUT2D eigenvalue weighted by atomic mass is 19.4. The van der Waals surface area contributed by atoms with Crippen LogP contribution in [0, 0.1) is 20.8 Å². The van der Waals surface area contributed by atoms with E-state index in [2.05, 4.69) is 4.98 Å². The molecule has 0 spiro atoms. The predicted octanol–water partition coefficient (Wildman–Crippen LogP) is 3.38. The van der Waals surface area contributed by atoms with E-state index >= 15 is 0 Å². The van der Waals surface area contributed by atoms with Gasteiger partial charge in [0, 0.05) is 11.6 Å². The molecule has 1 aromatic carbocycles. The van der Waals surface area contributed by atoms with Gasteiger partial charge in [0.1, 0.15) is 0 Å². The van der Waals surface area contributed by atoms with E-state index < -0.39 is 17.6 Å². The van der Waals surface area contributed by atoms with Crippen LogP contribution in [0.5, 0.6) is 0 Å². The Bertz CT molecular complexity index is 717. The summed E-state index contributed by atoms with van der Waals surface area (Å²) >= 11 is 0. The summed E-state index contributed by atoms with van der Waals surface area (Å²) in [5.74, 6) is -1.28. The van der Waals surface area contributed by atoms with Crippen LogP contribution in [0.15, 0.2) is 23.0 Å². The van der Waals surface area contributed by atoms with E-state index in [9.17, 15) is 18.0 Å². The van der Waals surface area contributed by atoms with Crippen molar-refractivity contribution in [2.45, 2.75) is 26.9 Å². The van der Waals surface area contributed by atoms with Crippen molar-refractivity contribution in [3.63, 3.8) is 0 Å². The summed E-state index contributed by atoms with van der Waals surface area (Å²) in [4.78, 5) is 16.6. The molecule has 6 heteroatoms. The number of aromatic nitrogens is 2. The first-order valence-corrected chi connectivity index (χ1v) is 5.95. The number of benzene rings is 1. The van der Waals surface area contributed by atoms with Crippen molar-refractivity contribution in [3.05, 3.63) is 51.1 Å². The van der Waals surface area contributed by atoms with Gasteiger partial charge in [-0.25, -0.2) is 4.98 Å². The lowest BCUT2D eigenvalue weighted by molar-refractivity contribution is -0.145. The molecule has 0 saturated heterocycles. The Hall–Kier alpha value is -2.11. The van der Waals surface area contributed by atoms with E-state index in [0.717, 1.165) is 22.8 Å².